The van der Waals surface area contributed by atoms with E-state index in [0.29, 0.717) is 6.42 Å². The lowest BCUT2D eigenvalue weighted by Gasteiger charge is -2.27. The lowest BCUT2D eigenvalue weighted by atomic mass is 10.0. The molecule has 0 fully saturated rings. The van der Waals surface area contributed by atoms with Crippen molar-refractivity contribution < 1.29 is 14.3 Å². The van der Waals surface area contributed by atoms with Crippen LogP contribution >= 0.6 is 0 Å². The molecule has 2 atom stereocenters. The van der Waals surface area contributed by atoms with Crippen LogP contribution in [0, 0.1) is 0 Å². The second-order valence-electron chi connectivity index (χ2n) is 4.59. The Kier molecular flexibility index (Phi) is 6.22. The maximum atomic E-state index is 11.5. The smallest absolute Gasteiger partial charge is 0.322 e. The van der Waals surface area contributed by atoms with Gasteiger partial charge in [-0.1, -0.05) is 30.3 Å². The Morgan fingerprint density at radius 3 is 2.53 bits per heavy atom. The van der Waals surface area contributed by atoms with E-state index in [1.165, 1.54) is 12.7 Å². The van der Waals surface area contributed by atoms with Crippen LogP contribution in [-0.4, -0.2) is 43.4 Å². The third-order valence-corrected chi connectivity index (χ3v) is 3.41. The third-order valence-electron chi connectivity index (χ3n) is 3.41. The number of methoxy groups -OCH3 is 1. The van der Waals surface area contributed by atoms with Crippen molar-refractivity contribution in [2.45, 2.75) is 31.8 Å². The van der Waals surface area contributed by atoms with Crippen molar-refractivity contribution in [2.24, 2.45) is 0 Å². The molecule has 4 nitrogen and oxygen atoms in total. The predicted molar refractivity (Wildman–Crippen MR) is 73.9 cm³/mol. The van der Waals surface area contributed by atoms with Crippen molar-refractivity contribution in [3.63, 3.8) is 0 Å². The van der Waals surface area contributed by atoms with Gasteiger partial charge >= 0.3 is 5.97 Å². The topological polar surface area (TPSA) is 46.6 Å². The fourth-order valence-electron chi connectivity index (χ4n) is 1.95. The van der Waals surface area contributed by atoms with Crippen molar-refractivity contribution in [2.75, 3.05) is 14.2 Å². The number of rotatable bonds is 7. The molecule has 1 rings (SSSR count). The summed E-state index contributed by atoms with van der Waals surface area (Å²) in [6.07, 6.45) is 2.39. The van der Waals surface area contributed by atoms with Crippen molar-refractivity contribution in [1.29, 1.82) is 0 Å². The molecular formula is C15H21NO3. The minimum absolute atomic E-state index is 0.283. The van der Waals surface area contributed by atoms with E-state index in [2.05, 4.69) is 0 Å². The van der Waals surface area contributed by atoms with Crippen LogP contribution in [0.2, 0.25) is 0 Å². The van der Waals surface area contributed by atoms with Gasteiger partial charge in [0.1, 0.15) is 12.3 Å². The highest BCUT2D eigenvalue weighted by molar-refractivity contribution is 5.75. The van der Waals surface area contributed by atoms with Crippen LogP contribution in [0.5, 0.6) is 0 Å². The van der Waals surface area contributed by atoms with Crippen molar-refractivity contribution in [1.82, 2.24) is 4.90 Å². The number of carbonyl (C=O) groups excluding carboxylic acids is 2. The number of aldehydes is 1. The van der Waals surface area contributed by atoms with E-state index < -0.39 is 6.04 Å². The molecule has 0 spiro atoms. The van der Waals surface area contributed by atoms with Gasteiger partial charge in [-0.05, 0) is 32.4 Å². The first-order valence-corrected chi connectivity index (χ1v) is 6.39. The van der Waals surface area contributed by atoms with Gasteiger partial charge in [0, 0.05) is 0 Å². The number of esters is 1. The number of carbonyl (C=O) groups is 2. The first-order chi connectivity index (χ1) is 9.10. The summed E-state index contributed by atoms with van der Waals surface area (Å²) in [5.41, 5.74) is 1.19. The monoisotopic (exact) mass is 263 g/mol. The Labute approximate surface area is 114 Å². The molecule has 0 saturated heterocycles. The number of aryl methyl sites for hydroxylation is 1. The zero-order valence-electron chi connectivity index (χ0n) is 11.7. The average Bonchev–Trinajstić information content (AvgIpc) is 2.47. The van der Waals surface area contributed by atoms with Crippen LogP contribution < -0.4 is 0 Å². The Morgan fingerprint density at radius 2 is 2.00 bits per heavy atom. The SMILES string of the molecule is COC(=O)C(C)N(C)C(C=O)CCc1ccccc1. The van der Waals surface area contributed by atoms with Gasteiger partial charge in [-0.2, -0.15) is 0 Å². The van der Waals surface area contributed by atoms with Gasteiger partial charge in [0.05, 0.1) is 13.2 Å². The van der Waals surface area contributed by atoms with Gasteiger partial charge in [-0.25, -0.2) is 0 Å². The molecular weight excluding hydrogens is 242 g/mol. The van der Waals surface area contributed by atoms with E-state index in [9.17, 15) is 9.59 Å². The van der Waals surface area contributed by atoms with Gasteiger partial charge < -0.3 is 9.53 Å². The highest BCUT2D eigenvalue weighted by atomic mass is 16.5. The van der Waals surface area contributed by atoms with Crippen molar-refractivity contribution in [3.8, 4) is 0 Å². The third kappa shape index (κ3) is 4.48. The number of ether oxygens (including phenoxy) is 1. The molecule has 0 N–H and O–H groups in total. The van der Waals surface area contributed by atoms with Gasteiger partial charge in [-0.15, -0.1) is 0 Å². The Hall–Kier alpha value is -1.68. The average molecular weight is 263 g/mol. The number of benzene rings is 1. The van der Waals surface area contributed by atoms with Crippen molar-refractivity contribution >= 4 is 12.3 Å². The standard InChI is InChI=1S/C15H21NO3/c1-12(15(18)19-3)16(2)14(11-17)10-9-13-7-5-4-6-8-13/h4-8,11-12,14H,9-10H2,1-3H3. The Balaban J connectivity index is 2.58. The molecule has 1 aromatic rings. The molecule has 0 aliphatic carbocycles. The van der Waals surface area contributed by atoms with Crippen LogP contribution in [0.15, 0.2) is 30.3 Å². The van der Waals surface area contributed by atoms with E-state index in [-0.39, 0.29) is 12.0 Å². The highest BCUT2D eigenvalue weighted by Gasteiger charge is 2.24. The van der Waals surface area contributed by atoms with Crippen LogP contribution in [0.4, 0.5) is 0 Å². The molecule has 1 aromatic carbocycles. The van der Waals surface area contributed by atoms with Crippen LogP contribution in [-0.2, 0) is 20.7 Å². The van der Waals surface area contributed by atoms with Crippen molar-refractivity contribution in [3.05, 3.63) is 35.9 Å². The number of likely N-dealkylation sites (N-methyl/N-ethyl adjacent to an activating group) is 1. The lowest BCUT2D eigenvalue weighted by Crippen LogP contribution is -2.44. The molecule has 0 radical (unpaired) electrons. The summed E-state index contributed by atoms with van der Waals surface area (Å²) in [7, 11) is 3.12. The highest BCUT2D eigenvalue weighted by Crippen LogP contribution is 2.10. The summed E-state index contributed by atoms with van der Waals surface area (Å²) in [6, 6.07) is 9.28. The van der Waals surface area contributed by atoms with Gasteiger partial charge in [0.25, 0.3) is 0 Å². The van der Waals surface area contributed by atoms with Gasteiger partial charge in [-0.3, -0.25) is 9.69 Å². The van der Waals surface area contributed by atoms with Gasteiger partial charge in [0.15, 0.2) is 0 Å². The van der Waals surface area contributed by atoms with Gasteiger partial charge in [0.2, 0.25) is 0 Å². The fraction of sp³-hybridized carbons (Fsp3) is 0.467. The van der Waals surface area contributed by atoms with E-state index >= 15 is 0 Å². The molecule has 0 aromatic heterocycles. The number of hydrogen-bond donors (Lipinski definition) is 0. The summed E-state index contributed by atoms with van der Waals surface area (Å²) in [6.45, 7) is 1.74. The molecule has 19 heavy (non-hydrogen) atoms. The van der Waals surface area contributed by atoms with Crippen LogP contribution in [0.3, 0.4) is 0 Å². The van der Waals surface area contributed by atoms with Crippen LogP contribution in [0.25, 0.3) is 0 Å². The Bertz CT molecular complexity index is 405. The number of hydrogen-bond acceptors (Lipinski definition) is 4. The lowest BCUT2D eigenvalue weighted by molar-refractivity contribution is -0.146. The zero-order valence-corrected chi connectivity index (χ0v) is 11.7. The summed E-state index contributed by atoms with van der Waals surface area (Å²) in [4.78, 5) is 24.4. The minimum atomic E-state index is -0.420. The molecule has 0 aliphatic rings. The quantitative estimate of drug-likeness (QED) is 0.554. The predicted octanol–water partition coefficient (Wildman–Crippen LogP) is 1.68. The fourth-order valence-corrected chi connectivity index (χ4v) is 1.95. The molecule has 0 aliphatic heterocycles. The minimum Gasteiger partial charge on any atom is -0.468 e. The first-order valence-electron chi connectivity index (χ1n) is 6.39. The molecule has 2 unspecified atom stereocenters. The van der Waals surface area contributed by atoms with E-state index in [0.717, 1.165) is 12.7 Å². The summed E-state index contributed by atoms with van der Waals surface area (Å²) in [5.74, 6) is -0.325. The number of nitrogens with zero attached hydrogens (tertiary/aromatic N) is 1. The van der Waals surface area contributed by atoms with E-state index in [1.807, 2.05) is 30.3 Å². The maximum Gasteiger partial charge on any atom is 0.322 e. The first kappa shape index (κ1) is 15.4. The molecule has 4 heteroatoms. The van der Waals surface area contributed by atoms with E-state index in [4.69, 9.17) is 4.74 Å². The molecule has 0 heterocycles. The normalized spacial score (nSPS) is 13.9. The molecule has 0 saturated carbocycles. The molecule has 104 valence electrons. The van der Waals surface area contributed by atoms with E-state index in [1.54, 1.807) is 18.9 Å². The summed E-state index contributed by atoms with van der Waals surface area (Å²) < 4.78 is 4.69. The summed E-state index contributed by atoms with van der Waals surface area (Å²) >= 11 is 0. The van der Waals surface area contributed by atoms with Crippen LogP contribution in [0.1, 0.15) is 18.9 Å². The zero-order chi connectivity index (χ0) is 14.3. The molecule has 0 bridgehead atoms. The Morgan fingerprint density at radius 1 is 1.37 bits per heavy atom. The maximum absolute atomic E-state index is 11.5. The molecule has 0 amide bonds. The largest absolute Gasteiger partial charge is 0.468 e. The second kappa shape index (κ2) is 7.69. The summed E-state index contributed by atoms with van der Waals surface area (Å²) in [5, 5.41) is 0. The second-order valence-corrected chi connectivity index (χ2v) is 4.59.